The second-order valence-electron chi connectivity index (χ2n) is 4.31. The Morgan fingerprint density at radius 2 is 2.06 bits per heavy atom. The molecule has 4 heteroatoms. The van der Waals surface area contributed by atoms with Crippen LogP contribution in [0.25, 0.3) is 0 Å². The zero-order chi connectivity index (χ0) is 11.8. The third kappa shape index (κ3) is 5.04. The van der Waals surface area contributed by atoms with Gasteiger partial charge in [-0.15, -0.1) is 0 Å². The fraction of sp³-hybridized carbons (Fsp3) is 1.00. The molecule has 96 valence electrons. The smallest absolute Gasteiger partial charge is 0.158 e. The molecule has 0 radical (unpaired) electrons. The molecule has 1 unspecified atom stereocenters. The lowest BCUT2D eigenvalue weighted by atomic mass is 10.2. The van der Waals surface area contributed by atoms with E-state index in [0.29, 0.717) is 6.04 Å². The van der Waals surface area contributed by atoms with Gasteiger partial charge >= 0.3 is 0 Å². The largest absolute Gasteiger partial charge is 0.353 e. The predicted octanol–water partition coefficient (Wildman–Crippen LogP) is 2.21. The second-order valence-corrected chi connectivity index (χ2v) is 5.22. The summed E-state index contributed by atoms with van der Waals surface area (Å²) in [4.78, 5) is 2.43. The van der Waals surface area contributed by atoms with Crippen molar-refractivity contribution >= 4 is 11.8 Å². The molecule has 1 rings (SSSR count). The molecule has 0 spiro atoms. The van der Waals surface area contributed by atoms with E-state index in [1.165, 1.54) is 12.2 Å². The molecule has 1 atom stereocenters. The fourth-order valence-corrected chi connectivity index (χ4v) is 2.82. The zero-order valence-corrected chi connectivity index (χ0v) is 11.6. The third-order valence-electron chi connectivity index (χ3n) is 3.07. The summed E-state index contributed by atoms with van der Waals surface area (Å²) in [6.07, 6.45) is 5.44. The van der Waals surface area contributed by atoms with Crippen molar-refractivity contribution in [3.05, 3.63) is 0 Å². The van der Waals surface area contributed by atoms with Gasteiger partial charge in [-0.3, -0.25) is 0 Å². The van der Waals surface area contributed by atoms with Gasteiger partial charge in [0.05, 0.1) is 13.2 Å². The van der Waals surface area contributed by atoms with E-state index in [0.717, 1.165) is 32.6 Å². The Morgan fingerprint density at radius 3 is 2.62 bits per heavy atom. The van der Waals surface area contributed by atoms with Crippen molar-refractivity contribution in [3.63, 3.8) is 0 Å². The first kappa shape index (κ1) is 14.3. The van der Waals surface area contributed by atoms with Crippen LogP contribution in [0.1, 0.15) is 26.2 Å². The van der Waals surface area contributed by atoms with Crippen LogP contribution in [0.2, 0.25) is 0 Å². The summed E-state index contributed by atoms with van der Waals surface area (Å²) < 4.78 is 11.1. The zero-order valence-electron chi connectivity index (χ0n) is 10.8. The maximum absolute atomic E-state index is 5.55. The van der Waals surface area contributed by atoms with Gasteiger partial charge in [0, 0.05) is 24.8 Å². The minimum absolute atomic E-state index is 0.0305. The summed E-state index contributed by atoms with van der Waals surface area (Å²) in [6.45, 7) is 5.03. The van der Waals surface area contributed by atoms with E-state index < -0.39 is 0 Å². The Hall–Kier alpha value is 0.230. The van der Waals surface area contributed by atoms with Crippen molar-refractivity contribution in [2.24, 2.45) is 0 Å². The Kier molecular flexibility index (Phi) is 7.45. The van der Waals surface area contributed by atoms with Gasteiger partial charge in [-0.25, -0.2) is 0 Å². The van der Waals surface area contributed by atoms with E-state index in [2.05, 4.69) is 25.1 Å². The molecule has 16 heavy (non-hydrogen) atoms. The van der Waals surface area contributed by atoms with Crippen LogP contribution < -0.4 is 0 Å². The van der Waals surface area contributed by atoms with Gasteiger partial charge in [0.1, 0.15) is 0 Å². The highest BCUT2D eigenvalue weighted by Gasteiger charge is 2.17. The molecule has 3 nitrogen and oxygen atoms in total. The summed E-state index contributed by atoms with van der Waals surface area (Å²) in [5, 5.41) is 0. The number of rotatable bonds is 7. The average molecular weight is 247 g/mol. The van der Waals surface area contributed by atoms with E-state index in [1.54, 1.807) is 0 Å². The van der Waals surface area contributed by atoms with Gasteiger partial charge in [-0.1, -0.05) is 6.92 Å². The van der Waals surface area contributed by atoms with Crippen LogP contribution in [0.15, 0.2) is 0 Å². The highest BCUT2D eigenvalue weighted by atomic mass is 32.2. The Morgan fingerprint density at radius 1 is 1.38 bits per heavy atom. The van der Waals surface area contributed by atoms with E-state index in [4.69, 9.17) is 9.47 Å². The van der Waals surface area contributed by atoms with Crippen molar-refractivity contribution in [2.45, 2.75) is 38.5 Å². The van der Waals surface area contributed by atoms with Crippen molar-refractivity contribution in [1.82, 2.24) is 4.90 Å². The molecule has 1 aliphatic rings. The average Bonchev–Trinajstić information content (AvgIpc) is 2.34. The summed E-state index contributed by atoms with van der Waals surface area (Å²) in [5.74, 6) is 1.21. The number of nitrogens with zero attached hydrogens (tertiary/aromatic N) is 1. The molecule has 0 aromatic heterocycles. The van der Waals surface area contributed by atoms with Crippen LogP contribution in [0.3, 0.4) is 0 Å². The van der Waals surface area contributed by atoms with Gasteiger partial charge in [-0.2, -0.15) is 11.8 Å². The highest BCUT2D eigenvalue weighted by molar-refractivity contribution is 7.98. The molecule has 0 bridgehead atoms. The van der Waals surface area contributed by atoms with Gasteiger partial charge in [-0.05, 0) is 26.1 Å². The van der Waals surface area contributed by atoms with Gasteiger partial charge in [0.25, 0.3) is 0 Å². The SMILES string of the molecule is CCC(CSC)N(C)CCC1OCCCO1. The van der Waals surface area contributed by atoms with Gasteiger partial charge in [0.15, 0.2) is 6.29 Å². The summed E-state index contributed by atoms with van der Waals surface area (Å²) in [5.41, 5.74) is 0. The first-order valence-corrected chi connectivity index (χ1v) is 7.59. The molecular weight excluding hydrogens is 222 g/mol. The standard InChI is InChI=1S/C12H25NO2S/c1-4-11(10-16-3)13(2)7-6-12-14-8-5-9-15-12/h11-12H,4-10H2,1-3H3. The van der Waals surface area contributed by atoms with E-state index in [1.807, 2.05) is 11.8 Å². The van der Waals surface area contributed by atoms with Crippen LogP contribution in [0.4, 0.5) is 0 Å². The molecular formula is C12H25NO2S. The molecule has 0 N–H and O–H groups in total. The van der Waals surface area contributed by atoms with Crippen LogP contribution in [-0.2, 0) is 9.47 Å². The Balaban J connectivity index is 2.18. The molecule has 1 fully saturated rings. The quantitative estimate of drug-likeness (QED) is 0.687. The van der Waals surface area contributed by atoms with Crippen LogP contribution in [-0.4, -0.2) is 56.0 Å². The molecule has 0 aromatic rings. The molecule has 1 saturated heterocycles. The molecule has 1 heterocycles. The third-order valence-corrected chi connectivity index (χ3v) is 3.79. The number of thioether (sulfide) groups is 1. The minimum Gasteiger partial charge on any atom is -0.353 e. The highest BCUT2D eigenvalue weighted by Crippen LogP contribution is 2.12. The van der Waals surface area contributed by atoms with Crippen molar-refractivity contribution < 1.29 is 9.47 Å². The predicted molar refractivity (Wildman–Crippen MR) is 70.0 cm³/mol. The molecule has 0 saturated carbocycles. The lowest BCUT2D eigenvalue weighted by molar-refractivity contribution is -0.182. The first-order valence-electron chi connectivity index (χ1n) is 6.20. The van der Waals surface area contributed by atoms with Gasteiger partial charge < -0.3 is 14.4 Å². The maximum Gasteiger partial charge on any atom is 0.158 e. The number of hydrogen-bond acceptors (Lipinski definition) is 4. The minimum atomic E-state index is 0.0305. The second kappa shape index (κ2) is 8.34. The van der Waals surface area contributed by atoms with Crippen LogP contribution in [0, 0.1) is 0 Å². The van der Waals surface area contributed by atoms with Crippen molar-refractivity contribution in [1.29, 1.82) is 0 Å². The van der Waals surface area contributed by atoms with Gasteiger partial charge in [0.2, 0.25) is 0 Å². The van der Waals surface area contributed by atoms with Crippen molar-refractivity contribution in [2.75, 3.05) is 38.8 Å². The molecule has 0 aliphatic carbocycles. The van der Waals surface area contributed by atoms with Crippen LogP contribution in [0.5, 0.6) is 0 Å². The summed E-state index contributed by atoms with van der Waals surface area (Å²) >= 11 is 1.92. The fourth-order valence-electron chi connectivity index (χ4n) is 1.94. The molecule has 1 aliphatic heterocycles. The molecule has 0 aromatic carbocycles. The van der Waals surface area contributed by atoms with E-state index in [9.17, 15) is 0 Å². The molecule has 0 amide bonds. The van der Waals surface area contributed by atoms with E-state index in [-0.39, 0.29) is 6.29 Å². The van der Waals surface area contributed by atoms with Crippen molar-refractivity contribution in [3.8, 4) is 0 Å². The van der Waals surface area contributed by atoms with E-state index >= 15 is 0 Å². The maximum atomic E-state index is 5.55. The lowest BCUT2D eigenvalue weighted by Gasteiger charge is -2.29. The Labute approximate surface area is 104 Å². The number of ether oxygens (including phenoxy) is 2. The topological polar surface area (TPSA) is 21.7 Å². The lowest BCUT2D eigenvalue weighted by Crippen LogP contribution is -2.37. The first-order chi connectivity index (χ1) is 7.77. The summed E-state index contributed by atoms with van der Waals surface area (Å²) in [7, 11) is 2.20. The number of hydrogen-bond donors (Lipinski definition) is 0. The normalized spacial score (nSPS) is 20.2. The summed E-state index contributed by atoms with van der Waals surface area (Å²) in [6, 6.07) is 0.679. The monoisotopic (exact) mass is 247 g/mol. The Bertz CT molecular complexity index is 174. The van der Waals surface area contributed by atoms with Crippen LogP contribution >= 0.6 is 11.8 Å².